The summed E-state index contributed by atoms with van der Waals surface area (Å²) < 4.78 is 37.7. The molecule has 3 nitrogen and oxygen atoms in total. The number of hydrogen-bond acceptors (Lipinski definition) is 3. The Kier molecular flexibility index (Phi) is 3.64. The number of nitrogens with one attached hydrogen (secondary N) is 1. The quantitative estimate of drug-likeness (QED) is 0.853. The van der Waals surface area contributed by atoms with E-state index in [1.54, 1.807) is 0 Å². The fourth-order valence-electron chi connectivity index (χ4n) is 2.02. The van der Waals surface area contributed by atoms with Gasteiger partial charge in [0.05, 0.1) is 0 Å². The molecular formula is C12H15ClF3N3. The average molecular weight is 294 g/mol. The second-order valence-corrected chi connectivity index (χ2v) is 5.66. The Morgan fingerprint density at radius 3 is 2.47 bits per heavy atom. The summed E-state index contributed by atoms with van der Waals surface area (Å²) in [5.74, 6) is -0.601. The van der Waals surface area contributed by atoms with Crippen LogP contribution in [-0.2, 0) is 6.18 Å². The molecule has 1 heterocycles. The summed E-state index contributed by atoms with van der Waals surface area (Å²) in [6, 6.07) is 1.31. The molecule has 0 aromatic carbocycles. The van der Waals surface area contributed by atoms with Crippen LogP contribution in [0.3, 0.4) is 0 Å². The van der Waals surface area contributed by atoms with Gasteiger partial charge in [-0.1, -0.05) is 25.4 Å². The molecule has 106 valence electrons. The van der Waals surface area contributed by atoms with E-state index < -0.39 is 12.0 Å². The molecule has 1 aromatic rings. The molecule has 0 atom stereocenters. The standard InChI is InChI=1S/C12H15ClF3N3/c1-7(2)11(3-4-11)6-17-9-5-8(13)18-10(19-9)12(14,15)16/h5,7H,3-4,6H2,1-2H3,(H,17,18,19). The van der Waals surface area contributed by atoms with Crippen LogP contribution >= 0.6 is 11.6 Å². The molecule has 1 saturated carbocycles. The van der Waals surface area contributed by atoms with Crippen molar-refractivity contribution in [1.29, 1.82) is 0 Å². The van der Waals surface area contributed by atoms with Crippen LogP contribution in [0.4, 0.5) is 19.0 Å². The number of halogens is 4. The van der Waals surface area contributed by atoms with Crippen molar-refractivity contribution in [3.8, 4) is 0 Å². The van der Waals surface area contributed by atoms with Crippen LogP contribution in [0.5, 0.6) is 0 Å². The second-order valence-electron chi connectivity index (χ2n) is 5.27. The van der Waals surface area contributed by atoms with Crippen LogP contribution in [0.1, 0.15) is 32.5 Å². The Morgan fingerprint density at radius 1 is 1.37 bits per heavy atom. The summed E-state index contributed by atoms with van der Waals surface area (Å²) in [6.07, 6.45) is -2.41. The van der Waals surface area contributed by atoms with Gasteiger partial charge in [-0.2, -0.15) is 13.2 Å². The molecule has 0 saturated heterocycles. The van der Waals surface area contributed by atoms with Gasteiger partial charge in [-0.25, -0.2) is 9.97 Å². The minimum atomic E-state index is -4.59. The van der Waals surface area contributed by atoms with E-state index >= 15 is 0 Å². The number of rotatable bonds is 4. The summed E-state index contributed by atoms with van der Waals surface area (Å²) in [5.41, 5.74) is 0.176. The van der Waals surface area contributed by atoms with Gasteiger partial charge < -0.3 is 5.32 Å². The fourth-order valence-corrected chi connectivity index (χ4v) is 2.20. The first-order valence-corrected chi connectivity index (χ1v) is 6.46. The Labute approximate surface area is 114 Å². The number of anilines is 1. The summed E-state index contributed by atoms with van der Waals surface area (Å²) >= 11 is 5.59. The van der Waals surface area contributed by atoms with Crippen LogP contribution in [-0.4, -0.2) is 16.5 Å². The van der Waals surface area contributed by atoms with E-state index in [9.17, 15) is 13.2 Å². The molecule has 0 aliphatic heterocycles. The highest BCUT2D eigenvalue weighted by atomic mass is 35.5. The van der Waals surface area contributed by atoms with Crippen LogP contribution in [0.25, 0.3) is 0 Å². The highest BCUT2D eigenvalue weighted by Crippen LogP contribution is 2.51. The van der Waals surface area contributed by atoms with E-state index in [-0.39, 0.29) is 16.4 Å². The molecule has 0 amide bonds. The molecule has 0 bridgehead atoms. The van der Waals surface area contributed by atoms with Gasteiger partial charge in [0.15, 0.2) is 0 Å². The molecule has 19 heavy (non-hydrogen) atoms. The maximum Gasteiger partial charge on any atom is 0.451 e. The van der Waals surface area contributed by atoms with Crippen LogP contribution in [0, 0.1) is 11.3 Å². The van der Waals surface area contributed by atoms with Gasteiger partial charge in [0.25, 0.3) is 0 Å². The first-order valence-electron chi connectivity index (χ1n) is 6.09. The number of alkyl halides is 3. The van der Waals surface area contributed by atoms with Crippen molar-refractivity contribution in [2.75, 3.05) is 11.9 Å². The lowest BCUT2D eigenvalue weighted by atomic mass is 9.92. The zero-order valence-electron chi connectivity index (χ0n) is 10.7. The zero-order valence-corrected chi connectivity index (χ0v) is 11.4. The van der Waals surface area contributed by atoms with Crippen molar-refractivity contribution in [2.24, 2.45) is 11.3 Å². The molecule has 0 radical (unpaired) electrons. The molecule has 7 heteroatoms. The van der Waals surface area contributed by atoms with Crippen LogP contribution in [0.2, 0.25) is 5.15 Å². The van der Waals surface area contributed by atoms with Crippen molar-refractivity contribution in [3.05, 3.63) is 17.0 Å². The van der Waals surface area contributed by atoms with E-state index in [0.29, 0.717) is 12.5 Å². The van der Waals surface area contributed by atoms with Crippen LogP contribution in [0.15, 0.2) is 6.07 Å². The first-order chi connectivity index (χ1) is 8.73. The van der Waals surface area contributed by atoms with Gasteiger partial charge in [0, 0.05) is 12.6 Å². The van der Waals surface area contributed by atoms with Crippen molar-refractivity contribution < 1.29 is 13.2 Å². The van der Waals surface area contributed by atoms with E-state index in [0.717, 1.165) is 12.8 Å². The molecule has 2 rings (SSSR count). The van der Waals surface area contributed by atoms with E-state index in [2.05, 4.69) is 29.1 Å². The van der Waals surface area contributed by atoms with Crippen molar-refractivity contribution >= 4 is 17.4 Å². The largest absolute Gasteiger partial charge is 0.451 e. The van der Waals surface area contributed by atoms with Gasteiger partial charge in [0.1, 0.15) is 11.0 Å². The lowest BCUT2D eigenvalue weighted by molar-refractivity contribution is -0.144. The van der Waals surface area contributed by atoms with Gasteiger partial charge in [-0.15, -0.1) is 0 Å². The minimum Gasteiger partial charge on any atom is -0.369 e. The highest BCUT2D eigenvalue weighted by molar-refractivity contribution is 6.29. The Morgan fingerprint density at radius 2 is 2.00 bits per heavy atom. The highest BCUT2D eigenvalue weighted by Gasteiger charge is 2.45. The molecule has 1 aliphatic carbocycles. The molecule has 1 aromatic heterocycles. The topological polar surface area (TPSA) is 37.8 Å². The fraction of sp³-hybridized carbons (Fsp3) is 0.667. The smallest absolute Gasteiger partial charge is 0.369 e. The molecular weight excluding hydrogens is 279 g/mol. The zero-order chi connectivity index (χ0) is 14.3. The second kappa shape index (κ2) is 4.81. The summed E-state index contributed by atoms with van der Waals surface area (Å²) in [4.78, 5) is 6.65. The molecule has 0 unspecified atom stereocenters. The number of hydrogen-bond donors (Lipinski definition) is 1. The Balaban J connectivity index is 2.11. The predicted octanol–water partition coefficient (Wildman–Crippen LogP) is 4.00. The van der Waals surface area contributed by atoms with Crippen molar-refractivity contribution in [2.45, 2.75) is 32.9 Å². The monoisotopic (exact) mass is 293 g/mol. The lowest BCUT2D eigenvalue weighted by Crippen LogP contribution is -2.22. The third-order valence-corrected chi connectivity index (χ3v) is 3.88. The normalized spacial score (nSPS) is 17.6. The number of nitrogens with zero attached hydrogens (tertiary/aromatic N) is 2. The third-order valence-electron chi connectivity index (χ3n) is 3.69. The van der Waals surface area contributed by atoms with Gasteiger partial charge in [-0.3, -0.25) is 0 Å². The first kappa shape index (κ1) is 14.4. The number of aromatic nitrogens is 2. The predicted molar refractivity (Wildman–Crippen MR) is 67.0 cm³/mol. The van der Waals surface area contributed by atoms with Gasteiger partial charge in [0.2, 0.25) is 5.82 Å². The van der Waals surface area contributed by atoms with Gasteiger partial charge in [-0.05, 0) is 24.2 Å². The molecule has 0 spiro atoms. The third kappa shape index (κ3) is 3.29. The molecule has 1 N–H and O–H groups in total. The molecule has 1 aliphatic rings. The van der Waals surface area contributed by atoms with Crippen molar-refractivity contribution in [1.82, 2.24) is 9.97 Å². The summed E-state index contributed by atoms with van der Waals surface area (Å²) in [5, 5.41) is 2.74. The summed E-state index contributed by atoms with van der Waals surface area (Å²) in [7, 11) is 0. The maximum absolute atomic E-state index is 12.6. The Bertz CT molecular complexity index is 470. The van der Waals surface area contributed by atoms with Crippen LogP contribution < -0.4 is 5.32 Å². The van der Waals surface area contributed by atoms with E-state index in [1.807, 2.05) is 0 Å². The summed E-state index contributed by atoms with van der Waals surface area (Å²) in [6.45, 7) is 4.83. The van der Waals surface area contributed by atoms with Crippen molar-refractivity contribution in [3.63, 3.8) is 0 Å². The maximum atomic E-state index is 12.6. The molecule has 1 fully saturated rings. The minimum absolute atomic E-state index is 0.124. The SMILES string of the molecule is CC(C)C1(CNc2cc(Cl)nc(C(F)(F)F)n2)CC1. The van der Waals surface area contributed by atoms with Gasteiger partial charge >= 0.3 is 6.18 Å². The van der Waals surface area contributed by atoms with E-state index in [4.69, 9.17) is 11.6 Å². The lowest BCUT2D eigenvalue weighted by Gasteiger charge is -2.20. The average Bonchev–Trinajstić information content (AvgIpc) is 3.05. The Hall–Kier alpha value is -1.04. The van der Waals surface area contributed by atoms with E-state index in [1.165, 1.54) is 6.07 Å².